The molecule has 116 valence electrons. The van der Waals surface area contributed by atoms with E-state index in [-0.39, 0.29) is 5.91 Å². The first-order chi connectivity index (χ1) is 11.3. The molecular weight excluding hydrogens is 310 g/mol. The molecule has 0 saturated heterocycles. The van der Waals surface area contributed by atoms with Crippen LogP contribution < -0.4 is 5.32 Å². The van der Waals surface area contributed by atoms with E-state index in [1.54, 1.807) is 11.8 Å². The van der Waals surface area contributed by atoms with Crippen molar-refractivity contribution in [2.45, 2.75) is 11.3 Å². The Morgan fingerprint density at radius 3 is 2.78 bits per heavy atom. The van der Waals surface area contributed by atoms with Crippen LogP contribution >= 0.6 is 11.8 Å². The maximum atomic E-state index is 12.0. The van der Waals surface area contributed by atoms with Gasteiger partial charge in [-0.3, -0.25) is 4.79 Å². The highest BCUT2D eigenvalue weighted by molar-refractivity contribution is 7.99. The molecule has 3 rings (SSSR count). The normalized spacial score (nSPS) is 10.4. The van der Waals surface area contributed by atoms with Crippen molar-refractivity contribution in [2.75, 3.05) is 11.1 Å². The van der Waals surface area contributed by atoms with E-state index in [1.807, 2.05) is 54.6 Å². The number of hydrogen-bond donors (Lipinski definition) is 1. The SMILES string of the molecule is O=C(CCSc1ccccc1)Nc1cccc(-c2nnco2)c1. The van der Waals surface area contributed by atoms with Crippen LogP contribution in [0, 0.1) is 0 Å². The molecule has 0 aliphatic rings. The van der Waals surface area contributed by atoms with Crippen LogP contribution in [0.4, 0.5) is 5.69 Å². The first-order valence-corrected chi connectivity index (χ1v) is 8.14. The number of nitrogens with one attached hydrogen (secondary N) is 1. The lowest BCUT2D eigenvalue weighted by atomic mass is 10.2. The van der Waals surface area contributed by atoms with Gasteiger partial charge >= 0.3 is 0 Å². The Kier molecular flexibility index (Phi) is 5.06. The third-order valence-electron chi connectivity index (χ3n) is 3.09. The van der Waals surface area contributed by atoms with Gasteiger partial charge in [0.05, 0.1) is 0 Å². The van der Waals surface area contributed by atoms with E-state index >= 15 is 0 Å². The number of carbonyl (C=O) groups is 1. The molecule has 1 aromatic heterocycles. The van der Waals surface area contributed by atoms with Crippen molar-refractivity contribution in [1.29, 1.82) is 0 Å². The Balaban J connectivity index is 1.53. The summed E-state index contributed by atoms with van der Waals surface area (Å²) in [6, 6.07) is 17.4. The van der Waals surface area contributed by atoms with Gasteiger partial charge in [0.15, 0.2) is 0 Å². The van der Waals surface area contributed by atoms with Gasteiger partial charge in [0.1, 0.15) is 0 Å². The Morgan fingerprint density at radius 1 is 1.13 bits per heavy atom. The predicted molar refractivity (Wildman–Crippen MR) is 90.1 cm³/mol. The summed E-state index contributed by atoms with van der Waals surface area (Å²) in [6.45, 7) is 0. The minimum atomic E-state index is -0.0175. The number of amides is 1. The summed E-state index contributed by atoms with van der Waals surface area (Å²) < 4.78 is 5.16. The maximum Gasteiger partial charge on any atom is 0.247 e. The largest absolute Gasteiger partial charge is 0.423 e. The zero-order valence-corrected chi connectivity index (χ0v) is 13.1. The molecule has 0 spiro atoms. The summed E-state index contributed by atoms with van der Waals surface area (Å²) in [4.78, 5) is 13.2. The zero-order valence-electron chi connectivity index (χ0n) is 12.3. The van der Waals surface area contributed by atoms with Crippen molar-refractivity contribution in [2.24, 2.45) is 0 Å². The fourth-order valence-corrected chi connectivity index (χ4v) is 2.90. The van der Waals surface area contributed by atoms with Crippen LogP contribution in [-0.2, 0) is 4.79 Å². The summed E-state index contributed by atoms with van der Waals surface area (Å²) in [6.07, 6.45) is 1.73. The van der Waals surface area contributed by atoms with Crippen molar-refractivity contribution < 1.29 is 9.21 Å². The van der Waals surface area contributed by atoms with Gasteiger partial charge in [-0.15, -0.1) is 22.0 Å². The van der Waals surface area contributed by atoms with Gasteiger partial charge in [-0.1, -0.05) is 24.3 Å². The lowest BCUT2D eigenvalue weighted by Gasteiger charge is -2.06. The van der Waals surface area contributed by atoms with Crippen LogP contribution in [0.1, 0.15) is 6.42 Å². The first-order valence-electron chi connectivity index (χ1n) is 7.15. The summed E-state index contributed by atoms with van der Waals surface area (Å²) in [7, 11) is 0. The van der Waals surface area contributed by atoms with E-state index in [0.717, 1.165) is 17.0 Å². The summed E-state index contributed by atoms with van der Waals surface area (Å²) in [5, 5.41) is 10.4. The van der Waals surface area contributed by atoms with Gasteiger partial charge in [0.25, 0.3) is 0 Å². The molecule has 0 saturated carbocycles. The molecule has 0 unspecified atom stereocenters. The molecule has 3 aromatic rings. The Hall–Kier alpha value is -2.60. The number of thioether (sulfide) groups is 1. The molecule has 6 heteroatoms. The second-order valence-corrected chi connectivity index (χ2v) is 5.95. The molecule has 1 heterocycles. The second-order valence-electron chi connectivity index (χ2n) is 4.78. The van der Waals surface area contributed by atoms with Crippen LogP contribution in [-0.4, -0.2) is 21.9 Å². The molecule has 0 aliphatic carbocycles. The lowest BCUT2D eigenvalue weighted by Crippen LogP contribution is -2.12. The summed E-state index contributed by atoms with van der Waals surface area (Å²) >= 11 is 1.67. The molecule has 0 aliphatic heterocycles. The molecule has 2 aromatic carbocycles. The molecule has 5 nitrogen and oxygen atoms in total. The lowest BCUT2D eigenvalue weighted by molar-refractivity contribution is -0.115. The maximum absolute atomic E-state index is 12.0. The highest BCUT2D eigenvalue weighted by Gasteiger charge is 2.07. The van der Waals surface area contributed by atoms with Crippen LogP contribution in [0.3, 0.4) is 0 Å². The average molecular weight is 325 g/mol. The fourth-order valence-electron chi connectivity index (χ4n) is 2.03. The smallest absolute Gasteiger partial charge is 0.247 e. The standard InChI is InChI=1S/C17H15N3O2S/c21-16(9-10-23-15-7-2-1-3-8-15)19-14-6-4-5-13(11-14)17-20-18-12-22-17/h1-8,11-12H,9-10H2,(H,19,21). The van der Waals surface area contributed by atoms with E-state index in [9.17, 15) is 4.79 Å². The third kappa shape index (κ3) is 4.43. The van der Waals surface area contributed by atoms with E-state index < -0.39 is 0 Å². The van der Waals surface area contributed by atoms with Crippen molar-refractivity contribution in [3.8, 4) is 11.5 Å². The molecule has 0 bridgehead atoms. The van der Waals surface area contributed by atoms with Crippen LogP contribution in [0.5, 0.6) is 0 Å². The molecule has 1 N–H and O–H groups in total. The van der Waals surface area contributed by atoms with E-state index in [2.05, 4.69) is 15.5 Å². The van der Waals surface area contributed by atoms with Gasteiger partial charge in [0.2, 0.25) is 18.2 Å². The molecular formula is C17H15N3O2S. The highest BCUT2D eigenvalue weighted by Crippen LogP contribution is 2.21. The number of benzene rings is 2. The van der Waals surface area contributed by atoms with Gasteiger partial charge in [0, 0.05) is 28.3 Å². The molecule has 0 radical (unpaired) electrons. The van der Waals surface area contributed by atoms with Crippen molar-refractivity contribution in [3.63, 3.8) is 0 Å². The fraction of sp³-hybridized carbons (Fsp3) is 0.118. The molecule has 0 fully saturated rings. The minimum absolute atomic E-state index is 0.0175. The highest BCUT2D eigenvalue weighted by atomic mass is 32.2. The Labute approximate surface area is 138 Å². The van der Waals surface area contributed by atoms with Crippen molar-refractivity contribution in [1.82, 2.24) is 10.2 Å². The molecule has 0 atom stereocenters. The molecule has 1 amide bonds. The second kappa shape index (κ2) is 7.60. The molecule has 23 heavy (non-hydrogen) atoms. The van der Waals surface area contributed by atoms with Gasteiger partial charge in [-0.05, 0) is 30.3 Å². The zero-order chi connectivity index (χ0) is 15.9. The van der Waals surface area contributed by atoms with Gasteiger partial charge in [-0.2, -0.15) is 0 Å². The number of carbonyl (C=O) groups excluding carboxylic acids is 1. The van der Waals surface area contributed by atoms with Crippen LogP contribution in [0.25, 0.3) is 11.5 Å². The topological polar surface area (TPSA) is 68.0 Å². The summed E-state index contributed by atoms with van der Waals surface area (Å²) in [5.74, 6) is 1.15. The number of aromatic nitrogens is 2. The van der Waals surface area contributed by atoms with E-state index in [0.29, 0.717) is 12.3 Å². The minimum Gasteiger partial charge on any atom is -0.423 e. The number of nitrogens with zero attached hydrogens (tertiary/aromatic N) is 2. The monoisotopic (exact) mass is 325 g/mol. The van der Waals surface area contributed by atoms with Crippen molar-refractivity contribution in [3.05, 3.63) is 61.0 Å². The third-order valence-corrected chi connectivity index (χ3v) is 4.11. The van der Waals surface area contributed by atoms with Gasteiger partial charge < -0.3 is 9.73 Å². The van der Waals surface area contributed by atoms with E-state index in [4.69, 9.17) is 4.42 Å². The number of hydrogen-bond acceptors (Lipinski definition) is 5. The Morgan fingerprint density at radius 2 is 2.00 bits per heavy atom. The quantitative estimate of drug-likeness (QED) is 0.697. The van der Waals surface area contributed by atoms with Crippen LogP contribution in [0.2, 0.25) is 0 Å². The Bertz CT molecular complexity index is 761. The predicted octanol–water partition coefficient (Wildman–Crippen LogP) is 3.86. The van der Waals surface area contributed by atoms with Crippen LogP contribution in [0.15, 0.2) is 70.3 Å². The number of anilines is 1. The first kappa shape index (κ1) is 15.3. The summed E-state index contributed by atoms with van der Waals surface area (Å²) in [5.41, 5.74) is 1.49. The van der Waals surface area contributed by atoms with Gasteiger partial charge in [-0.25, -0.2) is 0 Å². The van der Waals surface area contributed by atoms with E-state index in [1.165, 1.54) is 11.3 Å². The number of rotatable bonds is 6. The average Bonchev–Trinajstić information content (AvgIpc) is 3.11. The van der Waals surface area contributed by atoms with Crippen molar-refractivity contribution >= 4 is 23.4 Å².